The van der Waals surface area contributed by atoms with E-state index in [0.29, 0.717) is 51.9 Å². The summed E-state index contributed by atoms with van der Waals surface area (Å²) < 4.78 is 0. The Bertz CT molecular complexity index is 2020. The van der Waals surface area contributed by atoms with E-state index in [1.807, 2.05) is 121 Å². The average molecular weight is 745 g/mol. The number of phenols is 4. The highest BCUT2D eigenvalue weighted by atomic mass is 16.3. The zero-order valence-electron chi connectivity index (χ0n) is 31.4. The van der Waals surface area contributed by atoms with Gasteiger partial charge in [-0.1, -0.05) is 97.1 Å². The first kappa shape index (κ1) is 37.5. The molecule has 0 unspecified atom stereocenters. The first-order valence-corrected chi connectivity index (χ1v) is 18.9. The predicted octanol–water partition coefficient (Wildman–Crippen LogP) is 9.95. The molecule has 0 amide bonds. The number of benzene rings is 6. The third kappa shape index (κ3) is 9.10. The fraction of sp³-hybridized carbons (Fsp3) is 0.167. The molecule has 4 aliphatic heterocycles. The van der Waals surface area contributed by atoms with Crippen molar-refractivity contribution in [3.05, 3.63) is 190 Å². The molecule has 10 rings (SSSR count). The summed E-state index contributed by atoms with van der Waals surface area (Å²) in [5, 5.41) is 58.4. The SMILES string of the molecule is C=C1Cc2cccc(c2O)CNc2ccc(cc2)NCc2cccc(c2O)CC(=C)Cc2cccc(c2O)CNc2ccc(cc2)NCc2cccc(c2O)C1. The lowest BCUT2D eigenvalue weighted by atomic mass is 9.96. The molecule has 0 spiro atoms. The molecule has 4 heterocycles. The van der Waals surface area contributed by atoms with Crippen LogP contribution < -0.4 is 21.3 Å². The van der Waals surface area contributed by atoms with Crippen LogP contribution in [0.25, 0.3) is 0 Å². The second-order valence-corrected chi connectivity index (χ2v) is 14.5. The van der Waals surface area contributed by atoms with Crippen molar-refractivity contribution in [1.82, 2.24) is 0 Å². The van der Waals surface area contributed by atoms with Crippen molar-refractivity contribution in [2.45, 2.75) is 51.9 Å². The molecule has 284 valence electrons. The zero-order chi connectivity index (χ0) is 39.0. The topological polar surface area (TPSA) is 129 Å². The van der Waals surface area contributed by atoms with Crippen LogP contribution in [0, 0.1) is 0 Å². The minimum atomic E-state index is 0.234. The molecule has 0 fully saturated rings. The monoisotopic (exact) mass is 744 g/mol. The molecule has 8 N–H and O–H groups in total. The summed E-state index contributed by atoms with van der Waals surface area (Å²) in [5.74, 6) is 0.936. The van der Waals surface area contributed by atoms with Gasteiger partial charge in [0.25, 0.3) is 0 Å². The number of rotatable bonds is 0. The van der Waals surface area contributed by atoms with Crippen LogP contribution in [0.15, 0.2) is 146 Å². The molecule has 6 aromatic carbocycles. The smallest absolute Gasteiger partial charge is 0.124 e. The van der Waals surface area contributed by atoms with Gasteiger partial charge in [-0.3, -0.25) is 0 Å². The zero-order valence-corrected chi connectivity index (χ0v) is 31.4. The van der Waals surface area contributed by atoms with Crippen LogP contribution >= 0.6 is 0 Å². The third-order valence-corrected chi connectivity index (χ3v) is 10.3. The van der Waals surface area contributed by atoms with Gasteiger partial charge in [-0.2, -0.15) is 0 Å². The van der Waals surface area contributed by atoms with E-state index in [-0.39, 0.29) is 23.0 Å². The van der Waals surface area contributed by atoms with Gasteiger partial charge in [-0.05, 0) is 96.5 Å². The van der Waals surface area contributed by atoms with Gasteiger partial charge in [-0.15, -0.1) is 0 Å². The molecule has 0 aromatic heterocycles. The standard InChI is InChI=1S/C48H48N4O4/c1-31-23-33-7-3-11-37(45(33)53)27-49-41-15-19-43(20-16-41)51-29-39-13-5-9-35(47(39)55)25-32(2)26-36-10-6-14-40(48(36)56)30-52-44-21-17-42(18-22-44)50-28-38-12-4-8-34(24-31)46(38)54/h3-22,49-56H,1-2,23-30H2. The molecule has 0 saturated heterocycles. The summed E-state index contributed by atoms with van der Waals surface area (Å²) in [5.41, 5.74) is 11.6. The van der Waals surface area contributed by atoms with Crippen molar-refractivity contribution in [2.75, 3.05) is 21.3 Å². The van der Waals surface area contributed by atoms with Gasteiger partial charge in [0.1, 0.15) is 23.0 Å². The number of aromatic hydroxyl groups is 4. The predicted molar refractivity (Wildman–Crippen MR) is 228 cm³/mol. The third-order valence-electron chi connectivity index (χ3n) is 10.3. The second-order valence-electron chi connectivity index (χ2n) is 14.5. The molecule has 12 bridgehead atoms. The Morgan fingerprint density at radius 2 is 0.500 bits per heavy atom. The maximum absolute atomic E-state index is 11.2. The van der Waals surface area contributed by atoms with Crippen LogP contribution in [0.2, 0.25) is 0 Å². The van der Waals surface area contributed by atoms with E-state index in [2.05, 4.69) is 34.4 Å². The molecule has 4 aliphatic rings. The van der Waals surface area contributed by atoms with Gasteiger partial charge in [0, 0.05) is 71.2 Å². The maximum atomic E-state index is 11.2. The average Bonchev–Trinajstić information content (AvgIpc) is 3.20. The van der Waals surface area contributed by atoms with Crippen molar-refractivity contribution >= 4 is 22.7 Å². The highest BCUT2D eigenvalue weighted by Crippen LogP contribution is 2.32. The van der Waals surface area contributed by atoms with Crippen LogP contribution in [-0.4, -0.2) is 20.4 Å². The quantitative estimate of drug-likeness (QED) is 0.0722. The largest absolute Gasteiger partial charge is 0.507 e. The fourth-order valence-corrected chi connectivity index (χ4v) is 7.12. The van der Waals surface area contributed by atoms with Crippen LogP contribution in [0.3, 0.4) is 0 Å². The van der Waals surface area contributed by atoms with Crippen molar-refractivity contribution < 1.29 is 20.4 Å². The number of hydrogen-bond acceptors (Lipinski definition) is 8. The summed E-state index contributed by atoms with van der Waals surface area (Å²) in [6.45, 7) is 10.3. The lowest BCUT2D eigenvalue weighted by Crippen LogP contribution is -2.04. The molecule has 0 saturated carbocycles. The van der Waals surface area contributed by atoms with Crippen molar-refractivity contribution in [3.8, 4) is 23.0 Å². The van der Waals surface area contributed by atoms with Gasteiger partial charge in [0.15, 0.2) is 0 Å². The van der Waals surface area contributed by atoms with E-state index < -0.39 is 0 Å². The first-order valence-electron chi connectivity index (χ1n) is 18.9. The van der Waals surface area contributed by atoms with Crippen LogP contribution in [0.5, 0.6) is 23.0 Å². The van der Waals surface area contributed by atoms with Crippen molar-refractivity contribution in [2.24, 2.45) is 0 Å². The van der Waals surface area contributed by atoms with Crippen LogP contribution in [0.1, 0.15) is 44.5 Å². The molecule has 0 aliphatic carbocycles. The second kappa shape index (κ2) is 17.1. The Balaban J connectivity index is 1.11. The van der Waals surface area contributed by atoms with E-state index in [1.165, 1.54) is 0 Å². The highest BCUT2D eigenvalue weighted by molar-refractivity contribution is 5.57. The molecular weight excluding hydrogens is 697 g/mol. The van der Waals surface area contributed by atoms with E-state index >= 15 is 0 Å². The van der Waals surface area contributed by atoms with Gasteiger partial charge >= 0.3 is 0 Å². The number of allylic oxidation sites excluding steroid dienone is 2. The van der Waals surface area contributed by atoms with Gasteiger partial charge in [-0.25, -0.2) is 0 Å². The van der Waals surface area contributed by atoms with Gasteiger partial charge in [0.2, 0.25) is 0 Å². The normalized spacial score (nSPS) is 14.1. The summed E-state index contributed by atoms with van der Waals surface area (Å²) >= 11 is 0. The molecule has 56 heavy (non-hydrogen) atoms. The summed E-state index contributed by atoms with van der Waals surface area (Å²) in [4.78, 5) is 0. The Morgan fingerprint density at radius 3 is 0.714 bits per heavy atom. The van der Waals surface area contributed by atoms with Gasteiger partial charge < -0.3 is 41.7 Å². The summed E-state index contributed by atoms with van der Waals surface area (Å²) in [6, 6.07) is 38.8. The first-order chi connectivity index (χ1) is 27.2. The molecular formula is C48H48N4O4. The van der Waals surface area contributed by atoms with Gasteiger partial charge in [0.05, 0.1) is 0 Å². The number of nitrogens with one attached hydrogen (secondary N) is 4. The fourth-order valence-electron chi connectivity index (χ4n) is 7.12. The molecule has 0 radical (unpaired) electrons. The lowest BCUT2D eigenvalue weighted by Gasteiger charge is -2.16. The van der Waals surface area contributed by atoms with Crippen LogP contribution in [-0.2, 0) is 51.9 Å². The summed E-state index contributed by atoms with van der Waals surface area (Å²) in [7, 11) is 0. The van der Waals surface area contributed by atoms with E-state index in [1.54, 1.807) is 0 Å². The minimum Gasteiger partial charge on any atom is -0.507 e. The summed E-state index contributed by atoms with van der Waals surface area (Å²) in [6.07, 6.45) is 1.89. The number of para-hydroxylation sites is 4. The highest BCUT2D eigenvalue weighted by Gasteiger charge is 2.15. The Labute approximate surface area is 328 Å². The van der Waals surface area contributed by atoms with Crippen molar-refractivity contribution in [1.29, 1.82) is 0 Å². The molecule has 8 nitrogen and oxygen atoms in total. The number of anilines is 4. The van der Waals surface area contributed by atoms with Crippen molar-refractivity contribution in [3.63, 3.8) is 0 Å². The number of hydrogen-bond donors (Lipinski definition) is 8. The maximum Gasteiger partial charge on any atom is 0.124 e. The Morgan fingerprint density at radius 1 is 0.304 bits per heavy atom. The minimum absolute atomic E-state index is 0.234. The lowest BCUT2D eigenvalue weighted by molar-refractivity contribution is 0.460. The Hall–Kier alpha value is -6.80. The molecule has 6 aromatic rings. The van der Waals surface area contributed by atoms with E-state index in [9.17, 15) is 20.4 Å². The molecule has 8 heteroatoms. The molecule has 0 atom stereocenters. The number of phenolic OH excluding ortho intramolecular Hbond substituents is 4. The van der Waals surface area contributed by atoms with E-state index in [4.69, 9.17) is 0 Å². The Kier molecular flexibility index (Phi) is 11.5. The van der Waals surface area contributed by atoms with Crippen LogP contribution in [0.4, 0.5) is 22.7 Å². The van der Waals surface area contributed by atoms with E-state index in [0.717, 1.165) is 78.4 Å².